The van der Waals surface area contributed by atoms with Crippen LogP contribution in [0.15, 0.2) is 84.4 Å². The van der Waals surface area contributed by atoms with Gasteiger partial charge in [-0.05, 0) is 60.9 Å². The molecule has 3 aromatic carbocycles. The Morgan fingerprint density at radius 3 is 2.38 bits per heavy atom. The first-order valence-corrected chi connectivity index (χ1v) is 10.3. The van der Waals surface area contributed by atoms with Crippen molar-refractivity contribution in [1.82, 2.24) is 0 Å². The van der Waals surface area contributed by atoms with Gasteiger partial charge in [0.1, 0.15) is 5.75 Å². The van der Waals surface area contributed by atoms with E-state index < -0.39 is 4.92 Å². The van der Waals surface area contributed by atoms with E-state index in [1.165, 1.54) is 12.1 Å². The number of nitrogens with zero attached hydrogens (tertiary/aromatic N) is 2. The Morgan fingerprint density at radius 1 is 1.03 bits per heavy atom. The number of ether oxygens (including phenoxy) is 1. The van der Waals surface area contributed by atoms with Crippen molar-refractivity contribution in [2.24, 2.45) is 0 Å². The van der Waals surface area contributed by atoms with Gasteiger partial charge in [0, 0.05) is 17.7 Å². The highest BCUT2D eigenvalue weighted by Crippen LogP contribution is 2.37. The highest BCUT2D eigenvalue weighted by molar-refractivity contribution is 6.23. The molecule has 32 heavy (non-hydrogen) atoms. The van der Waals surface area contributed by atoms with Gasteiger partial charge in [0.05, 0.1) is 22.9 Å². The lowest BCUT2D eigenvalue weighted by molar-refractivity contribution is -0.384. The maximum atomic E-state index is 13.5. The molecule has 6 heteroatoms. The zero-order chi connectivity index (χ0) is 22.7. The highest BCUT2D eigenvalue weighted by atomic mass is 16.6. The van der Waals surface area contributed by atoms with Crippen molar-refractivity contribution in [1.29, 1.82) is 0 Å². The van der Waals surface area contributed by atoms with Crippen LogP contribution < -0.4 is 9.64 Å². The Labute approximate surface area is 186 Å². The summed E-state index contributed by atoms with van der Waals surface area (Å²) in [6.45, 7) is 4.29. The number of benzene rings is 3. The molecule has 3 aromatic rings. The lowest BCUT2D eigenvalue weighted by Gasteiger charge is -2.22. The SMILES string of the molecule is CCOc1ccc(/C=C2\C=C(c3ccccc3)N(c3ccc([N+](=O)[O-])cc3C)C2=O)cc1. The Balaban J connectivity index is 1.77. The smallest absolute Gasteiger partial charge is 0.269 e. The fourth-order valence-electron chi connectivity index (χ4n) is 3.69. The summed E-state index contributed by atoms with van der Waals surface area (Å²) in [6.07, 6.45) is 3.69. The number of nitro benzene ring substituents is 1. The number of carbonyl (C=O) groups is 1. The van der Waals surface area contributed by atoms with Crippen LogP contribution in [-0.2, 0) is 4.79 Å². The number of hydrogen-bond donors (Lipinski definition) is 0. The zero-order valence-electron chi connectivity index (χ0n) is 17.8. The van der Waals surface area contributed by atoms with Crippen LogP contribution in [-0.4, -0.2) is 17.4 Å². The average Bonchev–Trinajstić information content (AvgIpc) is 3.11. The van der Waals surface area contributed by atoms with Gasteiger partial charge in [0.2, 0.25) is 0 Å². The van der Waals surface area contributed by atoms with Gasteiger partial charge in [-0.1, -0.05) is 42.5 Å². The maximum Gasteiger partial charge on any atom is 0.269 e. The van der Waals surface area contributed by atoms with E-state index in [1.807, 2.05) is 73.7 Å². The monoisotopic (exact) mass is 426 g/mol. The van der Waals surface area contributed by atoms with Crippen LogP contribution in [0.5, 0.6) is 5.75 Å². The maximum absolute atomic E-state index is 13.5. The lowest BCUT2D eigenvalue weighted by Crippen LogP contribution is -2.25. The Bertz CT molecular complexity index is 1230. The van der Waals surface area contributed by atoms with E-state index in [2.05, 4.69) is 0 Å². The molecule has 0 fully saturated rings. The minimum atomic E-state index is -0.437. The Morgan fingerprint density at radius 2 is 1.75 bits per heavy atom. The largest absolute Gasteiger partial charge is 0.494 e. The van der Waals surface area contributed by atoms with E-state index in [9.17, 15) is 14.9 Å². The minimum absolute atomic E-state index is 0.00621. The number of nitro groups is 1. The molecular weight excluding hydrogens is 404 g/mol. The summed E-state index contributed by atoms with van der Waals surface area (Å²) in [4.78, 5) is 25.8. The predicted molar refractivity (Wildman–Crippen MR) is 125 cm³/mol. The molecule has 0 aromatic heterocycles. The van der Waals surface area contributed by atoms with Crippen molar-refractivity contribution in [3.63, 3.8) is 0 Å². The first kappa shape index (κ1) is 21.1. The number of aryl methyl sites for hydroxylation is 1. The van der Waals surface area contributed by atoms with Crippen LogP contribution in [0, 0.1) is 17.0 Å². The highest BCUT2D eigenvalue weighted by Gasteiger charge is 2.31. The van der Waals surface area contributed by atoms with Crippen LogP contribution in [0.1, 0.15) is 23.6 Å². The van der Waals surface area contributed by atoms with Crippen molar-refractivity contribution in [2.75, 3.05) is 11.5 Å². The van der Waals surface area contributed by atoms with Crippen molar-refractivity contribution in [2.45, 2.75) is 13.8 Å². The molecule has 0 saturated carbocycles. The molecule has 6 nitrogen and oxygen atoms in total. The van der Waals surface area contributed by atoms with Crippen molar-refractivity contribution in [3.05, 3.63) is 111 Å². The average molecular weight is 426 g/mol. The van der Waals surface area contributed by atoms with Crippen molar-refractivity contribution in [3.8, 4) is 5.75 Å². The van der Waals surface area contributed by atoms with E-state index >= 15 is 0 Å². The summed E-state index contributed by atoms with van der Waals surface area (Å²) in [5.74, 6) is 0.589. The van der Waals surface area contributed by atoms with E-state index in [0.29, 0.717) is 23.4 Å². The summed E-state index contributed by atoms with van der Waals surface area (Å²) in [7, 11) is 0. The van der Waals surface area contributed by atoms with Gasteiger partial charge in [0.25, 0.3) is 11.6 Å². The molecule has 0 unspecified atom stereocenters. The summed E-state index contributed by atoms with van der Waals surface area (Å²) >= 11 is 0. The molecule has 0 aliphatic carbocycles. The molecule has 4 rings (SSSR count). The normalized spacial score (nSPS) is 14.6. The summed E-state index contributed by atoms with van der Waals surface area (Å²) in [5, 5.41) is 11.2. The van der Waals surface area contributed by atoms with Crippen LogP contribution in [0.25, 0.3) is 11.8 Å². The van der Waals surface area contributed by atoms with E-state index in [0.717, 1.165) is 22.6 Å². The molecule has 1 aliphatic heterocycles. The number of rotatable bonds is 6. The van der Waals surface area contributed by atoms with E-state index in [-0.39, 0.29) is 11.6 Å². The molecule has 1 amide bonds. The van der Waals surface area contributed by atoms with Gasteiger partial charge in [0.15, 0.2) is 0 Å². The van der Waals surface area contributed by atoms with Gasteiger partial charge in [-0.3, -0.25) is 19.8 Å². The summed E-state index contributed by atoms with van der Waals surface area (Å²) in [5.41, 5.74) is 4.28. The van der Waals surface area contributed by atoms with E-state index in [1.54, 1.807) is 17.9 Å². The first-order valence-electron chi connectivity index (χ1n) is 10.3. The minimum Gasteiger partial charge on any atom is -0.494 e. The molecular formula is C26H22N2O4. The summed E-state index contributed by atoms with van der Waals surface area (Å²) in [6, 6.07) is 21.7. The Hall–Kier alpha value is -4.19. The third-order valence-corrected chi connectivity index (χ3v) is 5.20. The lowest BCUT2D eigenvalue weighted by atomic mass is 10.1. The van der Waals surface area contributed by atoms with Crippen LogP contribution in [0.2, 0.25) is 0 Å². The second kappa shape index (κ2) is 8.89. The van der Waals surface area contributed by atoms with Gasteiger partial charge < -0.3 is 4.74 Å². The molecule has 0 saturated heterocycles. The van der Waals surface area contributed by atoms with Crippen molar-refractivity contribution < 1.29 is 14.5 Å². The van der Waals surface area contributed by atoms with Gasteiger partial charge in [-0.2, -0.15) is 0 Å². The molecule has 0 N–H and O–H groups in total. The number of hydrogen-bond acceptors (Lipinski definition) is 4. The molecule has 0 atom stereocenters. The van der Waals surface area contributed by atoms with Crippen LogP contribution in [0.4, 0.5) is 11.4 Å². The third kappa shape index (κ3) is 4.16. The van der Waals surface area contributed by atoms with Crippen LogP contribution in [0.3, 0.4) is 0 Å². The first-order chi connectivity index (χ1) is 15.5. The number of anilines is 1. The fraction of sp³-hybridized carbons (Fsp3) is 0.115. The Kier molecular flexibility index (Phi) is 5.85. The quantitative estimate of drug-likeness (QED) is 0.285. The zero-order valence-corrected chi connectivity index (χ0v) is 17.8. The van der Waals surface area contributed by atoms with Crippen molar-refractivity contribution >= 4 is 29.1 Å². The second-order valence-corrected chi connectivity index (χ2v) is 7.37. The molecule has 0 bridgehead atoms. The van der Waals surface area contributed by atoms with Gasteiger partial charge >= 0.3 is 0 Å². The molecule has 0 radical (unpaired) electrons. The number of carbonyl (C=O) groups excluding carboxylic acids is 1. The standard InChI is InChI=1S/C26H22N2O4/c1-3-32-23-12-9-19(10-13-23)16-21-17-25(20-7-5-4-6-8-20)27(26(21)29)24-14-11-22(28(30)31)15-18(24)2/h4-17H,3H2,1-2H3/b21-16+. The topological polar surface area (TPSA) is 72.7 Å². The molecule has 0 spiro atoms. The van der Waals surface area contributed by atoms with Gasteiger partial charge in [-0.15, -0.1) is 0 Å². The van der Waals surface area contributed by atoms with Gasteiger partial charge in [-0.25, -0.2) is 0 Å². The number of amides is 1. The van der Waals surface area contributed by atoms with Crippen LogP contribution >= 0.6 is 0 Å². The molecule has 160 valence electrons. The third-order valence-electron chi connectivity index (χ3n) is 5.20. The predicted octanol–water partition coefficient (Wildman–Crippen LogP) is 5.77. The summed E-state index contributed by atoms with van der Waals surface area (Å²) < 4.78 is 5.49. The fourth-order valence-corrected chi connectivity index (χ4v) is 3.69. The molecule has 1 aliphatic rings. The van der Waals surface area contributed by atoms with E-state index in [4.69, 9.17) is 4.74 Å². The second-order valence-electron chi connectivity index (χ2n) is 7.37. The molecule has 1 heterocycles. The number of non-ortho nitro benzene ring substituents is 1.